The van der Waals surface area contributed by atoms with Gasteiger partial charge in [-0.05, 0) is 124 Å². The Morgan fingerprint density at radius 3 is 1.37 bits per heavy atom. The van der Waals surface area contributed by atoms with Crippen molar-refractivity contribution in [3.63, 3.8) is 0 Å². The maximum atomic E-state index is 5.36. The Balaban J connectivity index is 0.934. The highest BCUT2D eigenvalue weighted by atomic mass is 14.8. The SMILES string of the molecule is c1ccc(-c2c3ccccc3nc3c2ccc2ccc(-c4ccc5cc6cc(-c7c8ccccc8c(-c8ccc9ccccc9c8)c8ccccc78)ccc6cc5c4)nc23)cc1. The van der Waals surface area contributed by atoms with Crippen LogP contribution in [-0.2, 0) is 0 Å². The summed E-state index contributed by atoms with van der Waals surface area (Å²) in [4.78, 5) is 10.6. The lowest BCUT2D eigenvalue weighted by molar-refractivity contribution is 1.40. The van der Waals surface area contributed by atoms with Gasteiger partial charge in [-0.1, -0.05) is 176 Å². The first-order chi connectivity index (χ1) is 30.7. The number of hydrogen-bond acceptors (Lipinski definition) is 2. The Morgan fingerprint density at radius 1 is 0.226 bits per heavy atom. The van der Waals surface area contributed by atoms with E-state index in [2.05, 4.69) is 218 Å². The summed E-state index contributed by atoms with van der Waals surface area (Å²) in [7, 11) is 0. The Kier molecular flexibility index (Phi) is 7.64. The first kappa shape index (κ1) is 34.6. The van der Waals surface area contributed by atoms with Crippen molar-refractivity contribution in [1.29, 1.82) is 0 Å². The van der Waals surface area contributed by atoms with Gasteiger partial charge >= 0.3 is 0 Å². The molecule has 13 aromatic rings. The van der Waals surface area contributed by atoms with Gasteiger partial charge in [0.1, 0.15) is 0 Å². The molecule has 0 saturated heterocycles. The van der Waals surface area contributed by atoms with Gasteiger partial charge in [0.05, 0.1) is 22.2 Å². The van der Waals surface area contributed by atoms with Gasteiger partial charge in [-0.3, -0.25) is 0 Å². The van der Waals surface area contributed by atoms with Crippen LogP contribution >= 0.6 is 0 Å². The summed E-state index contributed by atoms with van der Waals surface area (Å²) < 4.78 is 0. The van der Waals surface area contributed by atoms with E-state index in [1.54, 1.807) is 0 Å². The number of rotatable bonds is 4. The van der Waals surface area contributed by atoms with Crippen molar-refractivity contribution in [1.82, 2.24) is 9.97 Å². The molecule has 2 heteroatoms. The molecule has 286 valence electrons. The van der Waals surface area contributed by atoms with E-state index in [0.717, 1.165) is 44.0 Å². The van der Waals surface area contributed by atoms with Crippen LogP contribution in [0, 0.1) is 0 Å². The molecule has 0 atom stereocenters. The quantitative estimate of drug-likeness (QED) is 0.131. The van der Waals surface area contributed by atoms with Gasteiger partial charge < -0.3 is 0 Å². The summed E-state index contributed by atoms with van der Waals surface area (Å²) in [5, 5.41) is 15.7. The molecule has 62 heavy (non-hydrogen) atoms. The summed E-state index contributed by atoms with van der Waals surface area (Å²) in [5.41, 5.74) is 12.2. The van der Waals surface area contributed by atoms with Crippen molar-refractivity contribution in [2.24, 2.45) is 0 Å². The number of nitrogens with zero attached hydrogens (tertiary/aromatic N) is 2. The third kappa shape index (κ3) is 5.44. The standard InChI is InChI=1S/C60H36N2/c1-2-13-38(14-3-1)56-52-20-10-11-21-55(52)62-60-53(56)30-28-39-29-31-54(61-59(39)60)43-25-23-41-34-47-36-45(27-24-42(47)33-46(41)35-43)58-50-18-8-6-16-48(50)57(49-17-7-9-19-51(49)58)44-26-22-37-12-4-5-15-40(37)32-44/h1-36H. The Hall–Kier alpha value is -8.20. The van der Waals surface area contributed by atoms with E-state index in [0.29, 0.717) is 0 Å². The fourth-order valence-corrected chi connectivity index (χ4v) is 10.0. The Morgan fingerprint density at radius 2 is 0.694 bits per heavy atom. The summed E-state index contributed by atoms with van der Waals surface area (Å²) >= 11 is 0. The van der Waals surface area contributed by atoms with Gasteiger partial charge in [0.25, 0.3) is 0 Å². The van der Waals surface area contributed by atoms with Crippen LogP contribution in [0.4, 0.5) is 0 Å². The lowest BCUT2D eigenvalue weighted by Gasteiger charge is -2.18. The zero-order valence-electron chi connectivity index (χ0n) is 33.7. The lowest BCUT2D eigenvalue weighted by atomic mass is 9.85. The second-order valence-corrected chi connectivity index (χ2v) is 16.5. The predicted octanol–water partition coefficient (Wildman–Crippen LogP) is 16.4. The summed E-state index contributed by atoms with van der Waals surface area (Å²) in [6, 6.07) is 79.5. The molecule has 0 radical (unpaired) electrons. The highest BCUT2D eigenvalue weighted by molar-refractivity contribution is 6.22. The van der Waals surface area contributed by atoms with Gasteiger partial charge in [0, 0.05) is 27.3 Å². The third-order valence-electron chi connectivity index (χ3n) is 12.9. The molecule has 0 aliphatic carbocycles. The largest absolute Gasteiger partial charge is 0.245 e. The molecule has 0 aliphatic rings. The topological polar surface area (TPSA) is 25.8 Å². The Labute approximate surface area is 358 Å². The van der Waals surface area contributed by atoms with Crippen LogP contribution in [0.2, 0.25) is 0 Å². The maximum absolute atomic E-state index is 5.36. The highest BCUT2D eigenvalue weighted by Crippen LogP contribution is 2.45. The maximum Gasteiger partial charge on any atom is 0.0978 e. The van der Waals surface area contributed by atoms with Crippen LogP contribution in [0.25, 0.3) is 131 Å². The molecule has 2 aromatic heterocycles. The monoisotopic (exact) mass is 784 g/mol. The summed E-state index contributed by atoms with van der Waals surface area (Å²) in [5.74, 6) is 0. The molecule has 0 amide bonds. The van der Waals surface area contributed by atoms with Crippen molar-refractivity contribution >= 4 is 86.6 Å². The van der Waals surface area contributed by atoms with Gasteiger partial charge in [0.2, 0.25) is 0 Å². The van der Waals surface area contributed by atoms with Crippen molar-refractivity contribution in [3.05, 3.63) is 218 Å². The number of aromatic nitrogens is 2. The smallest absolute Gasteiger partial charge is 0.0978 e. The van der Waals surface area contributed by atoms with E-state index in [1.165, 1.54) is 87.2 Å². The fraction of sp³-hybridized carbons (Fsp3) is 0. The van der Waals surface area contributed by atoms with Crippen molar-refractivity contribution < 1.29 is 0 Å². The molecular formula is C60H36N2. The van der Waals surface area contributed by atoms with E-state index in [1.807, 2.05) is 0 Å². The average Bonchev–Trinajstić information content (AvgIpc) is 3.33. The summed E-state index contributed by atoms with van der Waals surface area (Å²) in [6.45, 7) is 0. The van der Waals surface area contributed by atoms with E-state index in [9.17, 15) is 0 Å². The predicted molar refractivity (Wildman–Crippen MR) is 264 cm³/mol. The molecule has 0 unspecified atom stereocenters. The average molecular weight is 785 g/mol. The fourth-order valence-electron chi connectivity index (χ4n) is 10.0. The molecule has 0 bridgehead atoms. The Bertz CT molecular complexity index is 3920. The van der Waals surface area contributed by atoms with Gasteiger partial charge in [-0.25, -0.2) is 9.97 Å². The molecule has 0 N–H and O–H groups in total. The van der Waals surface area contributed by atoms with E-state index < -0.39 is 0 Å². The molecule has 13 rings (SSSR count). The van der Waals surface area contributed by atoms with Crippen LogP contribution in [0.5, 0.6) is 0 Å². The van der Waals surface area contributed by atoms with E-state index in [4.69, 9.17) is 9.97 Å². The normalized spacial score (nSPS) is 11.9. The zero-order chi connectivity index (χ0) is 40.7. The van der Waals surface area contributed by atoms with Crippen molar-refractivity contribution in [3.8, 4) is 44.6 Å². The first-order valence-electron chi connectivity index (χ1n) is 21.3. The molecular weight excluding hydrogens is 749 g/mol. The molecule has 0 spiro atoms. The van der Waals surface area contributed by atoms with Gasteiger partial charge in [0.15, 0.2) is 0 Å². The second-order valence-electron chi connectivity index (χ2n) is 16.5. The van der Waals surface area contributed by atoms with E-state index in [-0.39, 0.29) is 0 Å². The van der Waals surface area contributed by atoms with Crippen molar-refractivity contribution in [2.45, 2.75) is 0 Å². The van der Waals surface area contributed by atoms with E-state index >= 15 is 0 Å². The zero-order valence-corrected chi connectivity index (χ0v) is 33.7. The van der Waals surface area contributed by atoms with Crippen LogP contribution in [-0.4, -0.2) is 9.97 Å². The van der Waals surface area contributed by atoms with Gasteiger partial charge in [-0.15, -0.1) is 0 Å². The van der Waals surface area contributed by atoms with Crippen LogP contribution in [0.3, 0.4) is 0 Å². The molecule has 0 aliphatic heterocycles. The highest BCUT2D eigenvalue weighted by Gasteiger charge is 2.18. The van der Waals surface area contributed by atoms with Gasteiger partial charge in [-0.2, -0.15) is 0 Å². The minimum atomic E-state index is 0.916. The minimum Gasteiger partial charge on any atom is -0.245 e. The third-order valence-corrected chi connectivity index (χ3v) is 12.9. The number of pyridine rings is 2. The summed E-state index contributed by atoms with van der Waals surface area (Å²) in [6.07, 6.45) is 0. The number of benzene rings is 11. The van der Waals surface area contributed by atoms with Crippen molar-refractivity contribution in [2.75, 3.05) is 0 Å². The van der Waals surface area contributed by atoms with Crippen LogP contribution in [0.15, 0.2) is 218 Å². The second kappa shape index (κ2) is 13.7. The first-order valence-corrected chi connectivity index (χ1v) is 21.3. The molecule has 0 saturated carbocycles. The van der Waals surface area contributed by atoms with Crippen LogP contribution < -0.4 is 0 Å². The number of para-hydroxylation sites is 1. The molecule has 0 fully saturated rings. The number of fused-ring (bicyclic) bond motifs is 9. The molecule has 11 aromatic carbocycles. The molecule has 2 heterocycles. The minimum absolute atomic E-state index is 0.916. The lowest BCUT2D eigenvalue weighted by Crippen LogP contribution is -1.93. The molecule has 2 nitrogen and oxygen atoms in total. The number of hydrogen-bond donors (Lipinski definition) is 0. The van der Waals surface area contributed by atoms with Crippen LogP contribution in [0.1, 0.15) is 0 Å².